The van der Waals surface area contributed by atoms with Crippen LogP contribution in [0.1, 0.15) is 12.5 Å². The highest BCUT2D eigenvalue weighted by atomic mass is 32.2. The summed E-state index contributed by atoms with van der Waals surface area (Å²) in [6.07, 6.45) is 1.59. The molecule has 0 saturated carbocycles. The van der Waals surface area contributed by atoms with Crippen LogP contribution >= 0.6 is 0 Å². The maximum Gasteiger partial charge on any atom is 0.247 e. The van der Waals surface area contributed by atoms with Gasteiger partial charge in [0.05, 0.1) is 17.0 Å². The Balaban J connectivity index is 2.21. The topological polar surface area (TPSA) is 88.7 Å². The van der Waals surface area contributed by atoms with Crippen LogP contribution in [0.15, 0.2) is 44.6 Å². The molecule has 0 unspecified atom stereocenters. The molecule has 0 aliphatic carbocycles. The number of aryl methyl sites for hydroxylation is 1. The number of fused-ring (bicyclic) bond motifs is 1. The average Bonchev–Trinajstić information content (AvgIpc) is 3.02. The average molecular weight is 372 g/mol. The van der Waals surface area contributed by atoms with Crippen LogP contribution in [0.5, 0.6) is 0 Å². The molecule has 0 fully saturated rings. The Labute approximate surface area is 152 Å². The predicted octanol–water partition coefficient (Wildman–Crippen LogP) is 3.21. The Morgan fingerprint density at radius 2 is 1.96 bits per heavy atom. The second-order valence-electron chi connectivity index (χ2n) is 6.12. The normalized spacial score (nSPS) is 12.2. The van der Waals surface area contributed by atoms with Crippen molar-refractivity contribution in [3.8, 4) is 11.6 Å². The molecule has 0 bridgehead atoms. The summed E-state index contributed by atoms with van der Waals surface area (Å²) in [5.41, 5.74) is 2.45. The lowest BCUT2D eigenvalue weighted by molar-refractivity contribution is 0.592. The lowest BCUT2D eigenvalue weighted by Crippen LogP contribution is -2.08. The molecule has 0 radical (unpaired) electrons. The number of oxazole rings is 1. The molecular weight excluding hydrogens is 352 g/mol. The molecule has 0 spiro atoms. The zero-order chi connectivity index (χ0) is 18.9. The molecule has 3 aromatic rings. The highest BCUT2D eigenvalue weighted by Crippen LogP contribution is 2.30. The van der Waals surface area contributed by atoms with Crippen molar-refractivity contribution in [2.45, 2.75) is 18.7 Å². The first kappa shape index (κ1) is 18.1. The molecule has 136 valence electrons. The predicted molar refractivity (Wildman–Crippen MR) is 102 cm³/mol. The molecule has 1 aromatic carbocycles. The SMILES string of the molecule is CCS(=O)(=O)c1ccc(/N=C/N(C)C)nc1-c1nc2cc(C)ccc2o1. The molecule has 0 amide bonds. The smallest absolute Gasteiger partial charge is 0.247 e. The van der Waals surface area contributed by atoms with Gasteiger partial charge in [-0.05, 0) is 36.8 Å². The van der Waals surface area contributed by atoms with Crippen LogP contribution in [0.3, 0.4) is 0 Å². The van der Waals surface area contributed by atoms with Gasteiger partial charge >= 0.3 is 0 Å². The molecular formula is C18H20N4O3S. The summed E-state index contributed by atoms with van der Waals surface area (Å²) in [7, 11) is 0.178. The van der Waals surface area contributed by atoms with Crippen molar-refractivity contribution >= 4 is 33.1 Å². The lowest BCUT2D eigenvalue weighted by atomic mass is 10.2. The van der Waals surface area contributed by atoms with Crippen LogP contribution in [0.4, 0.5) is 5.82 Å². The van der Waals surface area contributed by atoms with Gasteiger partial charge in [-0.1, -0.05) is 13.0 Å². The number of aromatic nitrogens is 2. The minimum Gasteiger partial charge on any atom is -0.435 e. The summed E-state index contributed by atoms with van der Waals surface area (Å²) in [5, 5.41) is 0. The third-order valence-electron chi connectivity index (χ3n) is 3.73. The highest BCUT2D eigenvalue weighted by Gasteiger charge is 2.23. The lowest BCUT2D eigenvalue weighted by Gasteiger charge is -2.07. The summed E-state index contributed by atoms with van der Waals surface area (Å²) in [4.78, 5) is 14.9. The Bertz CT molecular complexity index is 1090. The van der Waals surface area contributed by atoms with Gasteiger partial charge in [0.1, 0.15) is 11.2 Å². The van der Waals surface area contributed by atoms with Crippen molar-refractivity contribution in [2.75, 3.05) is 19.8 Å². The van der Waals surface area contributed by atoms with Crippen molar-refractivity contribution in [2.24, 2.45) is 4.99 Å². The molecule has 0 atom stereocenters. The monoisotopic (exact) mass is 372 g/mol. The maximum absolute atomic E-state index is 12.5. The Morgan fingerprint density at radius 1 is 1.19 bits per heavy atom. The maximum atomic E-state index is 12.5. The van der Waals surface area contributed by atoms with Gasteiger partial charge < -0.3 is 9.32 Å². The van der Waals surface area contributed by atoms with Crippen molar-refractivity contribution in [3.05, 3.63) is 35.9 Å². The first-order valence-electron chi connectivity index (χ1n) is 8.12. The number of rotatable bonds is 5. The molecule has 0 aliphatic heterocycles. The third kappa shape index (κ3) is 3.60. The fourth-order valence-electron chi connectivity index (χ4n) is 2.38. The van der Waals surface area contributed by atoms with Gasteiger partial charge in [-0.15, -0.1) is 0 Å². The molecule has 0 N–H and O–H groups in total. The van der Waals surface area contributed by atoms with Crippen LogP contribution in [-0.2, 0) is 9.84 Å². The minimum atomic E-state index is -3.50. The summed E-state index contributed by atoms with van der Waals surface area (Å²) >= 11 is 0. The number of aliphatic imine (C=N–C) groups is 1. The first-order chi connectivity index (χ1) is 12.3. The fourth-order valence-corrected chi connectivity index (χ4v) is 3.39. The minimum absolute atomic E-state index is 0.0403. The number of pyridine rings is 1. The van der Waals surface area contributed by atoms with E-state index in [-0.39, 0.29) is 22.2 Å². The summed E-state index contributed by atoms with van der Waals surface area (Å²) in [6, 6.07) is 8.67. The van der Waals surface area contributed by atoms with Crippen molar-refractivity contribution in [3.63, 3.8) is 0 Å². The van der Waals surface area contributed by atoms with Crippen molar-refractivity contribution in [1.82, 2.24) is 14.9 Å². The van der Waals surface area contributed by atoms with E-state index in [4.69, 9.17) is 4.42 Å². The molecule has 2 heterocycles. The zero-order valence-electron chi connectivity index (χ0n) is 15.1. The second kappa shape index (κ2) is 6.87. The molecule has 7 nitrogen and oxygen atoms in total. The van der Waals surface area contributed by atoms with E-state index >= 15 is 0 Å². The Morgan fingerprint density at radius 3 is 2.65 bits per heavy atom. The van der Waals surface area contributed by atoms with Crippen LogP contribution in [0, 0.1) is 6.92 Å². The van der Waals surface area contributed by atoms with Gasteiger partial charge in [0, 0.05) is 14.1 Å². The van der Waals surface area contributed by atoms with Gasteiger partial charge in [-0.25, -0.2) is 23.4 Å². The van der Waals surface area contributed by atoms with E-state index in [1.54, 1.807) is 24.2 Å². The number of benzene rings is 1. The van der Waals surface area contributed by atoms with Crippen molar-refractivity contribution in [1.29, 1.82) is 0 Å². The molecule has 0 aliphatic rings. The van der Waals surface area contributed by atoms with E-state index < -0.39 is 9.84 Å². The standard InChI is InChI=1S/C18H20N4O3S/c1-5-26(23,24)15-8-9-16(19-11-22(3)4)21-17(15)18-20-13-10-12(2)6-7-14(13)25-18/h6-11H,5H2,1-4H3/b19-11+. The molecule has 26 heavy (non-hydrogen) atoms. The zero-order valence-corrected chi connectivity index (χ0v) is 15.9. The van der Waals surface area contributed by atoms with E-state index in [2.05, 4.69) is 15.0 Å². The summed E-state index contributed by atoms with van der Waals surface area (Å²) in [6.45, 7) is 3.54. The van der Waals surface area contributed by atoms with E-state index in [0.29, 0.717) is 16.9 Å². The number of hydrogen-bond donors (Lipinski definition) is 0. The van der Waals surface area contributed by atoms with E-state index in [1.807, 2.05) is 39.2 Å². The Kier molecular flexibility index (Phi) is 4.78. The van der Waals surface area contributed by atoms with Crippen LogP contribution in [0.25, 0.3) is 22.7 Å². The van der Waals surface area contributed by atoms with E-state index in [9.17, 15) is 8.42 Å². The van der Waals surface area contributed by atoms with Gasteiger partial charge in [0.2, 0.25) is 5.89 Å². The second-order valence-corrected chi connectivity index (χ2v) is 8.36. The molecule has 8 heteroatoms. The van der Waals surface area contributed by atoms with Crippen LogP contribution in [-0.4, -0.2) is 49.5 Å². The number of hydrogen-bond acceptors (Lipinski definition) is 6. The third-order valence-corrected chi connectivity index (χ3v) is 5.48. The van der Waals surface area contributed by atoms with Crippen molar-refractivity contribution < 1.29 is 12.8 Å². The first-order valence-corrected chi connectivity index (χ1v) is 9.77. The van der Waals surface area contributed by atoms with Gasteiger partial charge in [0.25, 0.3) is 0 Å². The van der Waals surface area contributed by atoms with Gasteiger partial charge in [-0.2, -0.15) is 0 Å². The molecule has 3 rings (SSSR count). The fraction of sp³-hybridized carbons (Fsp3) is 0.278. The van der Waals surface area contributed by atoms with Gasteiger partial charge in [0.15, 0.2) is 21.2 Å². The van der Waals surface area contributed by atoms with Crippen LogP contribution in [0.2, 0.25) is 0 Å². The van der Waals surface area contributed by atoms with Gasteiger partial charge in [-0.3, -0.25) is 0 Å². The number of sulfone groups is 1. The summed E-state index contributed by atoms with van der Waals surface area (Å²) in [5.74, 6) is 0.503. The largest absolute Gasteiger partial charge is 0.435 e. The molecule has 0 saturated heterocycles. The van der Waals surface area contributed by atoms with E-state index in [1.165, 1.54) is 6.07 Å². The Hall–Kier alpha value is -2.74. The van der Waals surface area contributed by atoms with Crippen LogP contribution < -0.4 is 0 Å². The summed E-state index contributed by atoms with van der Waals surface area (Å²) < 4.78 is 30.7. The molecule has 2 aromatic heterocycles. The quantitative estimate of drug-likeness (QED) is 0.505. The number of nitrogens with zero attached hydrogens (tertiary/aromatic N) is 4. The van der Waals surface area contributed by atoms with E-state index in [0.717, 1.165) is 5.56 Å². The highest BCUT2D eigenvalue weighted by molar-refractivity contribution is 7.91.